The van der Waals surface area contributed by atoms with Crippen molar-refractivity contribution in [2.75, 3.05) is 16.6 Å². The number of sulfonamides is 1. The smallest absolute Gasteiger partial charge is 0.262 e. The summed E-state index contributed by atoms with van der Waals surface area (Å²) in [7, 11) is -3.43. The number of nitrogens with zero attached hydrogens (tertiary/aromatic N) is 1. The van der Waals surface area contributed by atoms with Crippen molar-refractivity contribution in [3.8, 4) is 5.75 Å². The Bertz CT molecular complexity index is 792. The molecule has 1 aromatic carbocycles. The summed E-state index contributed by atoms with van der Waals surface area (Å²) < 4.78 is 31.6. The minimum Gasteiger partial charge on any atom is -0.484 e. The van der Waals surface area contributed by atoms with E-state index in [-0.39, 0.29) is 12.5 Å². The molecule has 0 spiro atoms. The maximum absolute atomic E-state index is 11.9. The summed E-state index contributed by atoms with van der Waals surface area (Å²) in [4.78, 5) is 15.7. The molecule has 1 amide bonds. The fourth-order valence-corrected chi connectivity index (χ4v) is 2.40. The van der Waals surface area contributed by atoms with E-state index in [1.165, 1.54) is 6.07 Å². The van der Waals surface area contributed by atoms with E-state index in [0.29, 0.717) is 17.1 Å². The minimum absolute atomic E-state index is 0.192. The van der Waals surface area contributed by atoms with Crippen LogP contribution in [0.25, 0.3) is 0 Å². The lowest BCUT2D eigenvalue weighted by Gasteiger charge is -2.12. The highest BCUT2D eigenvalue weighted by atomic mass is 32.2. The second-order valence-corrected chi connectivity index (χ2v) is 7.53. The molecule has 1 heterocycles. The third-order valence-electron chi connectivity index (χ3n) is 3.05. The molecule has 24 heavy (non-hydrogen) atoms. The maximum atomic E-state index is 11.9. The molecule has 0 aliphatic carbocycles. The van der Waals surface area contributed by atoms with Gasteiger partial charge in [-0.1, -0.05) is 6.07 Å². The Morgan fingerprint density at radius 3 is 2.54 bits per heavy atom. The van der Waals surface area contributed by atoms with Crippen LogP contribution in [0.5, 0.6) is 5.75 Å². The Morgan fingerprint density at radius 1 is 1.17 bits per heavy atom. The molecule has 0 fully saturated rings. The molecule has 2 rings (SSSR count). The molecule has 0 saturated carbocycles. The first-order valence-corrected chi connectivity index (χ1v) is 8.86. The SMILES string of the molecule is CC(C)S(=O)(=O)Nc1cccc(OCC(=O)Nc2ccncc2)c1. The van der Waals surface area contributed by atoms with E-state index in [9.17, 15) is 13.2 Å². The molecule has 8 heteroatoms. The second kappa shape index (κ2) is 7.78. The monoisotopic (exact) mass is 349 g/mol. The Kier molecular flexibility index (Phi) is 5.75. The zero-order valence-electron chi connectivity index (χ0n) is 13.4. The van der Waals surface area contributed by atoms with Crippen molar-refractivity contribution in [1.29, 1.82) is 0 Å². The summed E-state index contributed by atoms with van der Waals surface area (Å²) in [5, 5.41) is 2.12. The van der Waals surface area contributed by atoms with Gasteiger partial charge in [0.15, 0.2) is 6.61 Å². The van der Waals surface area contributed by atoms with Crippen molar-refractivity contribution < 1.29 is 17.9 Å². The standard InChI is InChI=1S/C16H19N3O4S/c1-12(2)24(21,22)19-14-4-3-5-15(10-14)23-11-16(20)18-13-6-8-17-9-7-13/h3-10,12,19H,11H2,1-2H3,(H,17,18,20). The Morgan fingerprint density at radius 2 is 1.88 bits per heavy atom. The summed E-state index contributed by atoms with van der Waals surface area (Å²) in [6.45, 7) is 2.99. The molecule has 0 saturated heterocycles. The number of carbonyl (C=O) groups is 1. The highest BCUT2D eigenvalue weighted by Crippen LogP contribution is 2.19. The van der Waals surface area contributed by atoms with Gasteiger partial charge < -0.3 is 10.1 Å². The summed E-state index contributed by atoms with van der Waals surface area (Å²) in [5.74, 6) is 0.0678. The number of rotatable bonds is 7. The highest BCUT2D eigenvalue weighted by Gasteiger charge is 2.15. The van der Waals surface area contributed by atoms with Gasteiger partial charge >= 0.3 is 0 Å². The number of benzene rings is 1. The molecule has 2 aromatic rings. The van der Waals surface area contributed by atoms with Gasteiger partial charge in [-0.05, 0) is 38.1 Å². The molecule has 7 nitrogen and oxygen atoms in total. The lowest BCUT2D eigenvalue weighted by Crippen LogP contribution is -2.22. The van der Waals surface area contributed by atoms with Gasteiger partial charge in [0.05, 0.1) is 10.9 Å². The molecule has 1 aromatic heterocycles. The Labute approximate surface area is 141 Å². The Balaban J connectivity index is 1.94. The molecule has 0 radical (unpaired) electrons. The van der Waals surface area contributed by atoms with Gasteiger partial charge in [0.2, 0.25) is 10.0 Å². The fraction of sp³-hybridized carbons (Fsp3) is 0.250. The van der Waals surface area contributed by atoms with Crippen LogP contribution >= 0.6 is 0 Å². The third kappa shape index (κ3) is 5.24. The molecule has 0 aliphatic heterocycles. The average molecular weight is 349 g/mol. The topological polar surface area (TPSA) is 97.4 Å². The van der Waals surface area contributed by atoms with Gasteiger partial charge in [0.1, 0.15) is 5.75 Å². The van der Waals surface area contributed by atoms with Crippen LogP contribution in [0.1, 0.15) is 13.8 Å². The molecular formula is C16H19N3O4S. The highest BCUT2D eigenvalue weighted by molar-refractivity contribution is 7.93. The van der Waals surface area contributed by atoms with Crippen LogP contribution in [0.2, 0.25) is 0 Å². The number of pyridine rings is 1. The fourth-order valence-electron chi connectivity index (χ4n) is 1.71. The van der Waals surface area contributed by atoms with Crippen LogP contribution in [0.15, 0.2) is 48.8 Å². The van der Waals surface area contributed by atoms with E-state index in [1.54, 1.807) is 56.6 Å². The van der Waals surface area contributed by atoms with Crippen LogP contribution in [-0.2, 0) is 14.8 Å². The number of nitrogens with one attached hydrogen (secondary N) is 2. The first kappa shape index (κ1) is 17.7. The lowest BCUT2D eigenvalue weighted by atomic mass is 10.3. The zero-order chi connectivity index (χ0) is 17.6. The van der Waals surface area contributed by atoms with Crippen molar-refractivity contribution in [2.45, 2.75) is 19.1 Å². The third-order valence-corrected chi connectivity index (χ3v) is 4.81. The summed E-state index contributed by atoms with van der Waals surface area (Å²) in [6, 6.07) is 9.77. The number of ether oxygens (including phenoxy) is 1. The number of aromatic nitrogens is 1. The van der Waals surface area contributed by atoms with Gasteiger partial charge in [-0.3, -0.25) is 14.5 Å². The molecule has 128 valence electrons. The first-order valence-electron chi connectivity index (χ1n) is 7.31. The quantitative estimate of drug-likeness (QED) is 0.799. The molecule has 0 bridgehead atoms. The normalized spacial score (nSPS) is 11.1. The predicted molar refractivity (Wildman–Crippen MR) is 92.5 cm³/mol. The van der Waals surface area contributed by atoms with Crippen LogP contribution < -0.4 is 14.8 Å². The van der Waals surface area contributed by atoms with Crippen LogP contribution in [-0.4, -0.2) is 31.2 Å². The van der Waals surface area contributed by atoms with E-state index in [0.717, 1.165) is 0 Å². The van der Waals surface area contributed by atoms with Crippen LogP contribution in [0.4, 0.5) is 11.4 Å². The van der Waals surface area contributed by atoms with E-state index in [1.807, 2.05) is 0 Å². The molecule has 0 unspecified atom stereocenters. The van der Waals surface area contributed by atoms with E-state index in [2.05, 4.69) is 15.0 Å². The van der Waals surface area contributed by atoms with E-state index < -0.39 is 15.3 Å². The van der Waals surface area contributed by atoms with Crippen molar-refractivity contribution in [1.82, 2.24) is 4.98 Å². The minimum atomic E-state index is -3.43. The van der Waals surface area contributed by atoms with Crippen molar-refractivity contribution in [3.63, 3.8) is 0 Å². The zero-order valence-corrected chi connectivity index (χ0v) is 14.2. The van der Waals surface area contributed by atoms with Crippen molar-refractivity contribution >= 4 is 27.3 Å². The van der Waals surface area contributed by atoms with E-state index in [4.69, 9.17) is 4.74 Å². The van der Waals surface area contributed by atoms with Gasteiger partial charge in [-0.15, -0.1) is 0 Å². The van der Waals surface area contributed by atoms with Crippen LogP contribution in [0.3, 0.4) is 0 Å². The molecule has 2 N–H and O–H groups in total. The molecule has 0 atom stereocenters. The number of hydrogen-bond acceptors (Lipinski definition) is 5. The number of amides is 1. The van der Waals surface area contributed by atoms with Crippen molar-refractivity contribution in [3.05, 3.63) is 48.8 Å². The predicted octanol–water partition coefficient (Wildman–Crippen LogP) is 2.25. The van der Waals surface area contributed by atoms with Gasteiger partial charge in [-0.2, -0.15) is 0 Å². The number of carbonyl (C=O) groups excluding carboxylic acids is 1. The second-order valence-electron chi connectivity index (χ2n) is 5.30. The van der Waals surface area contributed by atoms with Gasteiger partial charge in [0.25, 0.3) is 5.91 Å². The molecule has 0 aliphatic rings. The first-order chi connectivity index (χ1) is 11.4. The van der Waals surface area contributed by atoms with Gasteiger partial charge in [-0.25, -0.2) is 8.42 Å². The summed E-state index contributed by atoms with van der Waals surface area (Å²) in [6.07, 6.45) is 3.14. The average Bonchev–Trinajstić information content (AvgIpc) is 2.54. The number of anilines is 2. The summed E-state index contributed by atoms with van der Waals surface area (Å²) >= 11 is 0. The van der Waals surface area contributed by atoms with Gasteiger partial charge in [0, 0.05) is 24.1 Å². The lowest BCUT2D eigenvalue weighted by molar-refractivity contribution is -0.118. The number of hydrogen-bond donors (Lipinski definition) is 2. The molecular weight excluding hydrogens is 330 g/mol. The summed E-state index contributed by atoms with van der Waals surface area (Å²) in [5.41, 5.74) is 1.01. The van der Waals surface area contributed by atoms with Crippen molar-refractivity contribution in [2.24, 2.45) is 0 Å². The Hall–Kier alpha value is -2.61. The van der Waals surface area contributed by atoms with E-state index >= 15 is 0 Å². The maximum Gasteiger partial charge on any atom is 0.262 e. The van der Waals surface area contributed by atoms with Crippen LogP contribution in [0, 0.1) is 0 Å². The largest absolute Gasteiger partial charge is 0.484 e.